The Bertz CT molecular complexity index is 1170. The van der Waals surface area contributed by atoms with Crippen LogP contribution in [0.2, 0.25) is 0 Å². The van der Waals surface area contributed by atoms with Crippen LogP contribution in [0.25, 0.3) is 0 Å². The van der Waals surface area contributed by atoms with Crippen LogP contribution in [0.5, 0.6) is 0 Å². The fraction of sp³-hybridized carbons (Fsp3) is 0.348. The van der Waals surface area contributed by atoms with Crippen LogP contribution in [-0.2, 0) is 11.3 Å². The highest BCUT2D eigenvalue weighted by Gasteiger charge is 2.39. The Balaban J connectivity index is 1.82. The highest BCUT2D eigenvalue weighted by molar-refractivity contribution is 5.96. The van der Waals surface area contributed by atoms with Gasteiger partial charge in [-0.25, -0.2) is 18.0 Å². The highest BCUT2D eigenvalue weighted by Crippen LogP contribution is 2.26. The number of halogens is 6. The predicted octanol–water partition coefficient (Wildman–Crippen LogP) is 3.19. The molecule has 1 heterocycles. The van der Waals surface area contributed by atoms with E-state index in [0.717, 1.165) is 35.1 Å². The van der Waals surface area contributed by atoms with Crippen molar-refractivity contribution in [1.29, 1.82) is 0 Å². The molecule has 4 amide bonds. The summed E-state index contributed by atoms with van der Waals surface area (Å²) in [5.41, 5.74) is 1.63. The smallest absolute Gasteiger partial charge is 0.322 e. The molecular weight excluding hydrogens is 508 g/mol. The van der Waals surface area contributed by atoms with Crippen molar-refractivity contribution in [2.75, 3.05) is 37.6 Å². The molecule has 200 valence electrons. The lowest BCUT2D eigenvalue weighted by Gasteiger charge is -2.37. The number of hydrogen-bond acceptors (Lipinski definition) is 4. The molecule has 37 heavy (non-hydrogen) atoms. The lowest BCUT2D eigenvalue weighted by molar-refractivity contribution is -0.174. The van der Waals surface area contributed by atoms with Crippen LogP contribution in [0.1, 0.15) is 22.8 Å². The number of alkyl halides is 3. The van der Waals surface area contributed by atoms with E-state index in [2.05, 4.69) is 4.90 Å². The van der Waals surface area contributed by atoms with E-state index in [1.54, 1.807) is 0 Å². The van der Waals surface area contributed by atoms with Gasteiger partial charge in [0.25, 0.3) is 5.91 Å². The van der Waals surface area contributed by atoms with Crippen molar-refractivity contribution in [1.82, 2.24) is 20.7 Å². The standard InChI is InChI=1S/C23H23F6N5O3/c1-2-32-8-10-33(11-9-32)22(37)34(18-5-3-4-16(24)19(18)26)13-15-7-6-14(12-17(15)25)20(35)30-31-21(36)23(27,28)29/h3-7,12H,2,8-11,13H2,1H3,(H,30,35)(H,31,36). The molecule has 8 nitrogen and oxygen atoms in total. The van der Waals surface area contributed by atoms with Gasteiger partial charge in [0.2, 0.25) is 0 Å². The van der Waals surface area contributed by atoms with E-state index >= 15 is 0 Å². The molecule has 0 atom stereocenters. The van der Waals surface area contributed by atoms with Crippen molar-refractivity contribution in [2.45, 2.75) is 19.6 Å². The SMILES string of the molecule is CCN1CCN(C(=O)N(Cc2ccc(C(=O)NNC(=O)C(F)(F)F)cc2F)c2cccc(F)c2F)CC1. The van der Waals surface area contributed by atoms with E-state index in [0.29, 0.717) is 32.2 Å². The summed E-state index contributed by atoms with van der Waals surface area (Å²) in [4.78, 5) is 40.5. The third-order valence-electron chi connectivity index (χ3n) is 5.73. The van der Waals surface area contributed by atoms with Crippen molar-refractivity contribution < 1.29 is 40.7 Å². The Morgan fingerprint density at radius 1 is 0.946 bits per heavy atom. The number of urea groups is 1. The quantitative estimate of drug-likeness (QED) is 0.459. The molecule has 1 aliphatic rings. The summed E-state index contributed by atoms with van der Waals surface area (Å²) in [6.45, 7) is 3.94. The highest BCUT2D eigenvalue weighted by atomic mass is 19.4. The van der Waals surface area contributed by atoms with Crippen LogP contribution < -0.4 is 15.8 Å². The Morgan fingerprint density at radius 2 is 1.62 bits per heavy atom. The second-order valence-corrected chi connectivity index (χ2v) is 8.08. The molecule has 1 aliphatic heterocycles. The number of amides is 4. The summed E-state index contributed by atoms with van der Waals surface area (Å²) in [5.74, 6) is -7.22. The summed E-state index contributed by atoms with van der Waals surface area (Å²) in [6.07, 6.45) is -5.24. The molecule has 1 fully saturated rings. The molecule has 0 radical (unpaired) electrons. The van der Waals surface area contributed by atoms with Gasteiger partial charge in [0.1, 0.15) is 5.82 Å². The van der Waals surface area contributed by atoms with Crippen LogP contribution in [0.4, 0.5) is 36.8 Å². The van der Waals surface area contributed by atoms with Gasteiger partial charge in [-0.3, -0.25) is 25.3 Å². The van der Waals surface area contributed by atoms with E-state index < -0.39 is 59.3 Å². The zero-order valence-electron chi connectivity index (χ0n) is 19.5. The number of anilines is 1. The second-order valence-electron chi connectivity index (χ2n) is 8.08. The fourth-order valence-electron chi connectivity index (χ4n) is 3.63. The van der Waals surface area contributed by atoms with Gasteiger partial charge in [-0.05, 0) is 30.8 Å². The van der Waals surface area contributed by atoms with Crippen molar-refractivity contribution in [2.24, 2.45) is 0 Å². The maximum atomic E-state index is 14.9. The molecule has 2 aromatic carbocycles. The number of nitrogens with one attached hydrogen (secondary N) is 2. The van der Waals surface area contributed by atoms with Crippen molar-refractivity contribution >= 4 is 23.5 Å². The maximum absolute atomic E-state index is 14.9. The summed E-state index contributed by atoms with van der Waals surface area (Å²) < 4.78 is 80.3. The second kappa shape index (κ2) is 11.5. The first-order valence-corrected chi connectivity index (χ1v) is 11.1. The molecule has 0 unspecified atom stereocenters. The lowest BCUT2D eigenvalue weighted by atomic mass is 10.1. The van der Waals surface area contributed by atoms with Crippen LogP contribution >= 0.6 is 0 Å². The zero-order chi connectivity index (χ0) is 27.3. The number of hydrazine groups is 1. The first-order chi connectivity index (χ1) is 17.4. The minimum atomic E-state index is -5.24. The Hall–Kier alpha value is -3.81. The van der Waals surface area contributed by atoms with Gasteiger partial charge in [-0.1, -0.05) is 19.1 Å². The van der Waals surface area contributed by atoms with E-state index in [1.807, 2.05) is 6.92 Å². The van der Waals surface area contributed by atoms with E-state index in [9.17, 15) is 40.7 Å². The van der Waals surface area contributed by atoms with Gasteiger partial charge >= 0.3 is 18.1 Å². The molecule has 0 saturated carbocycles. The molecule has 0 spiro atoms. The Morgan fingerprint density at radius 3 is 2.22 bits per heavy atom. The number of hydrogen-bond donors (Lipinski definition) is 2. The summed E-state index contributed by atoms with van der Waals surface area (Å²) in [6, 6.07) is 5.34. The summed E-state index contributed by atoms with van der Waals surface area (Å²) in [7, 11) is 0. The largest absolute Gasteiger partial charge is 0.472 e. The van der Waals surface area contributed by atoms with Crippen LogP contribution in [0.3, 0.4) is 0 Å². The molecule has 3 rings (SSSR count). The molecule has 14 heteroatoms. The number of likely N-dealkylation sites (N-methyl/N-ethyl adjacent to an activating group) is 1. The summed E-state index contributed by atoms with van der Waals surface area (Å²) >= 11 is 0. The topological polar surface area (TPSA) is 85.0 Å². The minimum Gasteiger partial charge on any atom is -0.322 e. The number of benzene rings is 2. The third kappa shape index (κ3) is 6.70. The molecule has 2 aromatic rings. The van der Waals surface area contributed by atoms with Crippen LogP contribution in [-0.4, -0.2) is 66.5 Å². The molecule has 1 saturated heterocycles. The fourth-order valence-corrected chi connectivity index (χ4v) is 3.63. The number of rotatable bonds is 5. The first kappa shape index (κ1) is 27.8. The van der Waals surface area contributed by atoms with Crippen molar-refractivity contribution in [3.8, 4) is 0 Å². The zero-order valence-corrected chi connectivity index (χ0v) is 19.5. The van der Waals surface area contributed by atoms with Gasteiger partial charge in [0.15, 0.2) is 11.6 Å². The molecule has 0 aliphatic carbocycles. The number of piperazine rings is 1. The minimum absolute atomic E-state index is 0.180. The number of carbonyl (C=O) groups excluding carboxylic acids is 3. The summed E-state index contributed by atoms with van der Waals surface area (Å²) in [5, 5.41) is 0. The number of carbonyl (C=O) groups is 3. The predicted molar refractivity (Wildman–Crippen MR) is 120 cm³/mol. The monoisotopic (exact) mass is 531 g/mol. The van der Waals surface area contributed by atoms with Gasteiger partial charge < -0.3 is 9.80 Å². The van der Waals surface area contributed by atoms with Gasteiger partial charge in [0, 0.05) is 37.3 Å². The molecule has 0 aromatic heterocycles. The van der Waals surface area contributed by atoms with E-state index in [1.165, 1.54) is 22.5 Å². The van der Waals surface area contributed by atoms with Gasteiger partial charge in [-0.15, -0.1) is 0 Å². The van der Waals surface area contributed by atoms with Gasteiger partial charge in [-0.2, -0.15) is 13.2 Å². The van der Waals surface area contributed by atoms with Crippen LogP contribution in [0, 0.1) is 17.5 Å². The third-order valence-corrected chi connectivity index (χ3v) is 5.73. The normalized spacial score (nSPS) is 14.3. The maximum Gasteiger partial charge on any atom is 0.472 e. The average Bonchev–Trinajstić information content (AvgIpc) is 2.87. The Labute approximate surface area is 207 Å². The first-order valence-electron chi connectivity index (χ1n) is 11.1. The molecule has 0 bridgehead atoms. The van der Waals surface area contributed by atoms with Crippen LogP contribution in [0.15, 0.2) is 36.4 Å². The lowest BCUT2D eigenvalue weighted by Crippen LogP contribution is -2.53. The molecule has 2 N–H and O–H groups in total. The number of nitrogens with zero attached hydrogens (tertiary/aromatic N) is 3. The van der Waals surface area contributed by atoms with E-state index in [-0.39, 0.29) is 5.56 Å². The Kier molecular flexibility index (Phi) is 8.63. The average molecular weight is 531 g/mol. The van der Waals surface area contributed by atoms with Gasteiger partial charge in [0.05, 0.1) is 12.2 Å². The van der Waals surface area contributed by atoms with E-state index in [4.69, 9.17) is 0 Å². The molecular formula is C23H23F6N5O3. The van der Waals surface area contributed by atoms with Crippen molar-refractivity contribution in [3.05, 3.63) is 65.0 Å². The van der Waals surface area contributed by atoms with Crippen molar-refractivity contribution in [3.63, 3.8) is 0 Å².